The molecule has 0 aromatic heterocycles. The maximum Gasteiger partial charge on any atom is 3.00 e. The van der Waals surface area contributed by atoms with Gasteiger partial charge in [-0.1, -0.05) is 18.2 Å². The molecule has 3 aromatic rings. The van der Waals surface area contributed by atoms with E-state index in [4.69, 9.17) is 0 Å². The van der Waals surface area contributed by atoms with Crippen molar-refractivity contribution in [3.63, 3.8) is 0 Å². The molecule has 0 saturated heterocycles. The van der Waals surface area contributed by atoms with Gasteiger partial charge < -0.3 is 27.3 Å². The molecule has 382 valence electrons. The zero-order valence-corrected chi connectivity index (χ0v) is 42.5. The second kappa shape index (κ2) is 20.2. The van der Waals surface area contributed by atoms with Gasteiger partial charge in [-0.05, 0) is 140 Å². The summed E-state index contributed by atoms with van der Waals surface area (Å²) < 4.78 is 204. The summed E-state index contributed by atoms with van der Waals surface area (Å²) in [5.74, 6) is -6.03. The molecule has 3 aromatic carbocycles. The Balaban J connectivity index is 0.000000203. The van der Waals surface area contributed by atoms with Crippen molar-refractivity contribution in [2.75, 3.05) is 0 Å². The number of Topliss-reactive ketones (excluding diaryl/α,β-unsaturated/α-hetero) is 3. The van der Waals surface area contributed by atoms with Crippen LogP contribution in [0.4, 0.5) is 0 Å². The average Bonchev–Trinajstić information content (AvgIpc) is 3.21. The topological polar surface area (TPSA) is 446 Å². The van der Waals surface area contributed by atoms with Crippen LogP contribution in [0, 0.1) is 0 Å². The number of ketones is 6. The van der Waals surface area contributed by atoms with Crippen molar-refractivity contribution in [3.8, 4) is 0 Å². The zero-order valence-electron chi connectivity index (χ0n) is 35.3. The van der Waals surface area contributed by atoms with E-state index in [9.17, 15) is 107 Å². The molecule has 0 bridgehead atoms. The third-order valence-electron chi connectivity index (χ3n) is 10.4. The van der Waals surface area contributed by atoms with Crippen molar-refractivity contribution in [3.05, 3.63) is 134 Å². The predicted octanol–water partition coefficient (Wildman–Crippen LogP) is -5.45. The summed E-state index contributed by atoms with van der Waals surface area (Å²) in [4.78, 5) is 62.4. The molecular formula is C42H18Fe2O24S6. The number of carbonyl (C=O) groups is 6. The SMILES string of the molecule is O=C1C=Cc2cc3c(cc2=C1)C=C(S(=O)(=O)[O-])C(=O)C=3S(=O)(=O)[O-].O=C1C=Cc2cc3c(cc2=C1)C=C(S(=O)(=O)[O-])C(=O)C=3S(=O)(=O)[O-].O=C1C=Cc2cc3c(cc2=C1)C=C(S(=O)(=O)[O-])C(=O)C=3S(=O)(=O)[O-].[Fe+3].[Fe+3]. The van der Waals surface area contributed by atoms with Gasteiger partial charge in [0.1, 0.15) is 90.1 Å². The van der Waals surface area contributed by atoms with E-state index >= 15 is 0 Å². The standard InChI is InChI=1S/3C14H8O8S2.2Fe/c3*15-10-2-1-7-5-11-9(3-8(7)4-10)6-12(23(17,18)19)13(16)14(11)24(20,21)22;;/h3*1-6H,(H,17,18,19)(H,20,21,22);;/q;;;2*+3/p-6. The van der Waals surface area contributed by atoms with Gasteiger partial charge in [-0.2, -0.15) is 0 Å². The number of fused-ring (bicyclic) bond motifs is 6. The maximum atomic E-state index is 12.1. The van der Waals surface area contributed by atoms with E-state index in [2.05, 4.69) is 0 Å². The Hall–Kier alpha value is -6.16. The van der Waals surface area contributed by atoms with Gasteiger partial charge >= 0.3 is 34.1 Å². The van der Waals surface area contributed by atoms with E-state index in [1.54, 1.807) is 0 Å². The fourth-order valence-electron chi connectivity index (χ4n) is 7.45. The number of allylic oxidation sites excluding steroid dienone is 6. The molecule has 0 amide bonds. The van der Waals surface area contributed by atoms with E-state index in [1.807, 2.05) is 0 Å². The number of benzene rings is 3. The maximum absolute atomic E-state index is 12.1. The molecule has 0 unspecified atom stereocenters. The summed E-state index contributed by atoms with van der Waals surface area (Å²) in [6.07, 6.45) is 13.4. The smallest absolute Gasteiger partial charge is 0.744 e. The van der Waals surface area contributed by atoms with Crippen LogP contribution < -0.4 is 31.3 Å². The van der Waals surface area contributed by atoms with Gasteiger partial charge in [0.15, 0.2) is 17.3 Å². The van der Waals surface area contributed by atoms with Crippen LogP contribution in [0.2, 0.25) is 0 Å². The Morgan fingerprint density at radius 3 is 0.676 bits per heavy atom. The summed E-state index contributed by atoms with van der Waals surface area (Å²) in [7, 11) is -31.9. The molecule has 32 heteroatoms. The van der Waals surface area contributed by atoms with E-state index in [-0.39, 0.29) is 83.8 Å². The van der Waals surface area contributed by atoms with Gasteiger partial charge in [0, 0.05) is 15.7 Å². The third kappa shape index (κ3) is 11.8. The predicted molar refractivity (Wildman–Crippen MR) is 240 cm³/mol. The van der Waals surface area contributed by atoms with Gasteiger partial charge in [-0.15, -0.1) is 0 Å². The van der Waals surface area contributed by atoms with Crippen LogP contribution in [0.3, 0.4) is 0 Å². The molecule has 24 nitrogen and oxygen atoms in total. The van der Waals surface area contributed by atoms with Crippen LogP contribution in [-0.2, 0) is 124 Å². The second-order valence-corrected chi connectivity index (χ2v) is 23.1. The van der Waals surface area contributed by atoms with Crippen LogP contribution in [0.5, 0.6) is 0 Å². The van der Waals surface area contributed by atoms with Gasteiger partial charge in [-0.3, -0.25) is 28.8 Å². The molecule has 0 aliphatic heterocycles. The van der Waals surface area contributed by atoms with Crippen LogP contribution >= 0.6 is 0 Å². The molecule has 0 spiro atoms. The Morgan fingerprint density at radius 1 is 0.270 bits per heavy atom. The van der Waals surface area contributed by atoms with Crippen LogP contribution in [0.1, 0.15) is 33.4 Å². The number of rotatable bonds is 6. The summed E-state index contributed by atoms with van der Waals surface area (Å²) >= 11 is 0. The van der Waals surface area contributed by atoms with Crippen molar-refractivity contribution in [1.82, 2.24) is 0 Å². The molecule has 0 saturated carbocycles. The monoisotopic (exact) mass is 1210 g/mol. The summed E-state index contributed by atoms with van der Waals surface area (Å²) in [5.41, 5.74) is 0.710. The molecular weight excluding hydrogens is 1190 g/mol. The van der Waals surface area contributed by atoms with Crippen molar-refractivity contribution >= 4 is 165 Å². The first kappa shape index (κ1) is 58.7. The fourth-order valence-corrected chi connectivity index (χ4v) is 11.8. The van der Waals surface area contributed by atoms with E-state index in [0.29, 0.717) is 50.6 Å². The normalized spacial score (nSPS) is 16.6. The quantitative estimate of drug-likeness (QED) is 0.164. The van der Waals surface area contributed by atoms with E-state index < -0.39 is 107 Å². The van der Waals surface area contributed by atoms with Gasteiger partial charge in [-0.25, -0.2) is 50.5 Å². The molecule has 2 radical (unpaired) electrons. The zero-order chi connectivity index (χ0) is 53.6. The summed E-state index contributed by atoms with van der Waals surface area (Å²) in [6.45, 7) is 0. The first-order valence-electron chi connectivity index (χ1n) is 18.9. The Kier molecular flexibility index (Phi) is 16.0. The largest absolute Gasteiger partial charge is 3.00 e. The van der Waals surface area contributed by atoms with Gasteiger partial charge in [0.2, 0.25) is 17.3 Å². The minimum Gasteiger partial charge on any atom is -0.744 e. The number of hydrogen-bond donors (Lipinski definition) is 0. The molecule has 74 heavy (non-hydrogen) atoms. The molecule has 0 heterocycles. The third-order valence-corrected chi connectivity index (χ3v) is 15.6. The molecule has 9 rings (SSSR count). The second-order valence-electron chi connectivity index (χ2n) is 15.1. The van der Waals surface area contributed by atoms with Crippen LogP contribution in [-0.4, -0.2) is 113 Å². The minimum absolute atomic E-state index is 0. The van der Waals surface area contributed by atoms with E-state index in [1.165, 1.54) is 91.1 Å². The fraction of sp³-hybridized carbons (Fsp3) is 0. The van der Waals surface area contributed by atoms with Gasteiger partial charge in [0.25, 0.3) is 0 Å². The van der Waals surface area contributed by atoms with Crippen molar-refractivity contribution < 1.29 is 141 Å². The average molecular weight is 1210 g/mol. The van der Waals surface area contributed by atoms with Crippen molar-refractivity contribution in [1.29, 1.82) is 0 Å². The van der Waals surface area contributed by atoms with E-state index in [0.717, 1.165) is 0 Å². The Labute approximate surface area is 436 Å². The summed E-state index contributed by atoms with van der Waals surface area (Å²) in [5, 5.41) is 0.0575. The summed E-state index contributed by atoms with van der Waals surface area (Å²) in [6, 6.07) is 7.23. The molecule has 0 atom stereocenters. The first-order chi connectivity index (χ1) is 32.9. The van der Waals surface area contributed by atoms with Crippen LogP contribution in [0.25, 0.3) is 69.4 Å². The van der Waals surface area contributed by atoms with Crippen LogP contribution in [0.15, 0.2) is 69.3 Å². The molecule has 6 aliphatic carbocycles. The Bertz CT molecular complexity index is 4110. The number of hydrogen-bond acceptors (Lipinski definition) is 24. The molecule has 6 aliphatic rings. The van der Waals surface area contributed by atoms with Gasteiger partial charge in [0.05, 0.1) is 0 Å². The molecule has 0 fully saturated rings. The van der Waals surface area contributed by atoms with Crippen molar-refractivity contribution in [2.24, 2.45) is 0 Å². The molecule has 0 N–H and O–H groups in total. The first-order valence-corrected chi connectivity index (χ1v) is 27.3. The number of carbonyl (C=O) groups excluding carboxylic acids is 6. The Morgan fingerprint density at radius 2 is 0.486 bits per heavy atom. The van der Waals surface area contributed by atoms with Crippen molar-refractivity contribution in [2.45, 2.75) is 0 Å². The minimum atomic E-state index is -5.35.